The van der Waals surface area contributed by atoms with Gasteiger partial charge in [0.2, 0.25) is 5.88 Å². The molecule has 1 aromatic heterocycles. The predicted molar refractivity (Wildman–Crippen MR) is 40.3 cm³/mol. The van der Waals surface area contributed by atoms with Gasteiger partial charge < -0.3 is 4.74 Å². The van der Waals surface area contributed by atoms with Gasteiger partial charge in [0.15, 0.2) is 0 Å². The van der Waals surface area contributed by atoms with E-state index in [0.29, 0.717) is 5.69 Å². The molecule has 0 aromatic carbocycles. The second kappa shape index (κ2) is 3.47. The van der Waals surface area contributed by atoms with Crippen molar-refractivity contribution in [2.24, 2.45) is 0 Å². The summed E-state index contributed by atoms with van der Waals surface area (Å²) >= 11 is 0. The van der Waals surface area contributed by atoms with Gasteiger partial charge in [-0.25, -0.2) is 4.98 Å². The zero-order chi connectivity index (χ0) is 9.14. The van der Waals surface area contributed by atoms with Gasteiger partial charge in [0.05, 0.1) is 0 Å². The van der Waals surface area contributed by atoms with Crippen molar-refractivity contribution < 1.29 is 13.5 Å². The predicted octanol–water partition coefficient (Wildman–Crippen LogP) is 2.30. The summed E-state index contributed by atoms with van der Waals surface area (Å²) in [7, 11) is 0. The topological polar surface area (TPSA) is 22.1 Å². The third-order valence-electron chi connectivity index (χ3n) is 1.28. The molecule has 4 heteroatoms. The molecule has 0 spiro atoms. The Morgan fingerprint density at radius 3 is 2.50 bits per heavy atom. The Morgan fingerprint density at radius 2 is 2.00 bits per heavy atom. The molecule has 66 valence electrons. The normalized spacial score (nSPS) is 10.4. The van der Waals surface area contributed by atoms with E-state index in [1.807, 2.05) is 0 Å². The van der Waals surface area contributed by atoms with Crippen LogP contribution in [0.1, 0.15) is 11.3 Å². The lowest BCUT2D eigenvalue weighted by Gasteiger charge is -2.04. The molecule has 0 aliphatic carbocycles. The van der Waals surface area contributed by atoms with Gasteiger partial charge in [0.1, 0.15) is 0 Å². The number of hydrogen-bond acceptors (Lipinski definition) is 2. The van der Waals surface area contributed by atoms with Gasteiger partial charge in [-0.1, -0.05) is 0 Å². The summed E-state index contributed by atoms with van der Waals surface area (Å²) in [6.07, 6.45) is 0. The summed E-state index contributed by atoms with van der Waals surface area (Å²) in [6.45, 7) is 0.719. The molecule has 0 aliphatic rings. The van der Waals surface area contributed by atoms with Crippen LogP contribution in [0.4, 0.5) is 8.78 Å². The van der Waals surface area contributed by atoms with Gasteiger partial charge in [-0.2, -0.15) is 8.78 Å². The number of nitrogens with zero attached hydrogens (tertiary/aromatic N) is 1. The number of hydrogen-bond donors (Lipinski definition) is 0. The van der Waals surface area contributed by atoms with E-state index in [4.69, 9.17) is 0 Å². The van der Waals surface area contributed by atoms with Crippen molar-refractivity contribution in [3.8, 4) is 5.88 Å². The van der Waals surface area contributed by atoms with Crippen LogP contribution in [0, 0.1) is 13.8 Å². The first kappa shape index (κ1) is 8.90. The lowest BCUT2D eigenvalue weighted by Crippen LogP contribution is -2.04. The Bertz CT molecular complexity index is 256. The van der Waals surface area contributed by atoms with Crippen molar-refractivity contribution in [2.45, 2.75) is 20.5 Å². The Labute approximate surface area is 69.2 Å². The molecule has 0 aliphatic heterocycles. The molecule has 1 heterocycles. The van der Waals surface area contributed by atoms with E-state index in [1.54, 1.807) is 19.9 Å². The Kier molecular flexibility index (Phi) is 2.58. The minimum absolute atomic E-state index is 0.0255. The molecule has 12 heavy (non-hydrogen) atoms. The van der Waals surface area contributed by atoms with Crippen molar-refractivity contribution in [1.29, 1.82) is 0 Å². The second-order valence-corrected chi connectivity index (χ2v) is 2.50. The molecule has 0 bridgehead atoms. The summed E-state index contributed by atoms with van der Waals surface area (Å²) in [5, 5.41) is 0. The first-order valence-electron chi connectivity index (χ1n) is 3.48. The van der Waals surface area contributed by atoms with E-state index < -0.39 is 6.61 Å². The fourth-order valence-corrected chi connectivity index (χ4v) is 0.956. The first-order chi connectivity index (χ1) is 5.58. The summed E-state index contributed by atoms with van der Waals surface area (Å²) < 4.78 is 27.6. The number of aryl methyl sites for hydroxylation is 2. The highest BCUT2D eigenvalue weighted by molar-refractivity contribution is 5.23. The number of ether oxygens (including phenoxy) is 1. The molecular weight excluding hydrogens is 164 g/mol. The third-order valence-corrected chi connectivity index (χ3v) is 1.28. The molecule has 0 saturated heterocycles. The van der Waals surface area contributed by atoms with Crippen LogP contribution in [0.5, 0.6) is 5.88 Å². The van der Waals surface area contributed by atoms with Gasteiger partial charge in [-0.15, -0.1) is 0 Å². The van der Waals surface area contributed by atoms with Gasteiger partial charge in [0.25, 0.3) is 0 Å². The summed E-state index contributed by atoms with van der Waals surface area (Å²) in [5.74, 6) is -0.0255. The molecule has 1 rings (SSSR count). The lowest BCUT2D eigenvalue weighted by atomic mass is 10.2. The molecule has 0 saturated carbocycles. The van der Waals surface area contributed by atoms with Crippen molar-refractivity contribution in [2.75, 3.05) is 0 Å². The highest BCUT2D eigenvalue weighted by Gasteiger charge is 2.05. The number of aromatic nitrogens is 1. The fourth-order valence-electron chi connectivity index (χ4n) is 0.956. The minimum Gasteiger partial charge on any atom is -0.417 e. The van der Waals surface area contributed by atoms with Crippen LogP contribution in [0.3, 0.4) is 0 Å². The van der Waals surface area contributed by atoms with Crippen molar-refractivity contribution in [3.63, 3.8) is 0 Å². The molecule has 0 N–H and O–H groups in total. The van der Waals surface area contributed by atoms with Gasteiger partial charge in [-0.05, 0) is 25.5 Å². The fraction of sp³-hybridized carbons (Fsp3) is 0.375. The smallest absolute Gasteiger partial charge is 0.388 e. The maximum absolute atomic E-state index is 11.7. The summed E-state index contributed by atoms with van der Waals surface area (Å²) in [5.41, 5.74) is 1.53. The van der Waals surface area contributed by atoms with E-state index in [2.05, 4.69) is 9.72 Å². The number of alkyl halides is 2. The molecule has 0 radical (unpaired) electrons. The molecular formula is C8H9F2NO. The summed E-state index contributed by atoms with van der Waals surface area (Å²) in [4.78, 5) is 3.77. The van der Waals surface area contributed by atoms with Crippen LogP contribution >= 0.6 is 0 Å². The van der Waals surface area contributed by atoms with E-state index in [9.17, 15) is 8.78 Å². The zero-order valence-electron chi connectivity index (χ0n) is 6.84. The lowest BCUT2D eigenvalue weighted by molar-refractivity contribution is -0.0529. The van der Waals surface area contributed by atoms with Crippen LogP contribution in [0.25, 0.3) is 0 Å². The van der Waals surface area contributed by atoms with Crippen LogP contribution in [0.2, 0.25) is 0 Å². The summed E-state index contributed by atoms with van der Waals surface area (Å²) in [6, 6.07) is 3.26. The minimum atomic E-state index is -2.81. The quantitative estimate of drug-likeness (QED) is 0.684. The maximum atomic E-state index is 11.7. The van der Waals surface area contributed by atoms with Crippen molar-refractivity contribution >= 4 is 0 Å². The average Bonchev–Trinajstić information content (AvgIpc) is 1.81. The first-order valence-corrected chi connectivity index (χ1v) is 3.48. The Morgan fingerprint density at radius 1 is 1.33 bits per heavy atom. The standard InChI is InChI=1S/C8H9F2NO/c1-5-3-6(2)11-7(4-5)12-8(9)10/h3-4,8H,1-2H3. The van der Waals surface area contributed by atoms with Crippen LogP contribution in [0.15, 0.2) is 12.1 Å². The monoisotopic (exact) mass is 173 g/mol. The SMILES string of the molecule is Cc1cc(C)nc(OC(F)F)c1. The van der Waals surface area contributed by atoms with Crippen LogP contribution in [-0.4, -0.2) is 11.6 Å². The molecule has 0 amide bonds. The molecule has 0 atom stereocenters. The van der Waals surface area contributed by atoms with Gasteiger partial charge in [-0.3, -0.25) is 0 Å². The largest absolute Gasteiger partial charge is 0.417 e. The number of halogens is 2. The van der Waals surface area contributed by atoms with E-state index in [1.165, 1.54) is 6.07 Å². The molecule has 0 fully saturated rings. The maximum Gasteiger partial charge on any atom is 0.388 e. The average molecular weight is 173 g/mol. The number of pyridine rings is 1. The van der Waals surface area contributed by atoms with Crippen LogP contribution < -0.4 is 4.74 Å². The number of rotatable bonds is 2. The van der Waals surface area contributed by atoms with E-state index in [0.717, 1.165) is 5.56 Å². The molecule has 2 nitrogen and oxygen atoms in total. The highest BCUT2D eigenvalue weighted by Crippen LogP contribution is 2.13. The van der Waals surface area contributed by atoms with E-state index in [-0.39, 0.29) is 5.88 Å². The van der Waals surface area contributed by atoms with Gasteiger partial charge >= 0.3 is 6.61 Å². The molecule has 1 aromatic rings. The van der Waals surface area contributed by atoms with Crippen molar-refractivity contribution in [1.82, 2.24) is 4.98 Å². The Balaban J connectivity index is 2.85. The van der Waals surface area contributed by atoms with E-state index >= 15 is 0 Å². The Hall–Kier alpha value is -1.19. The van der Waals surface area contributed by atoms with Crippen molar-refractivity contribution in [3.05, 3.63) is 23.4 Å². The second-order valence-electron chi connectivity index (χ2n) is 2.50. The highest BCUT2D eigenvalue weighted by atomic mass is 19.3. The van der Waals surface area contributed by atoms with Gasteiger partial charge in [0, 0.05) is 11.8 Å². The zero-order valence-corrected chi connectivity index (χ0v) is 6.84. The van der Waals surface area contributed by atoms with Crippen LogP contribution in [-0.2, 0) is 0 Å². The molecule has 0 unspecified atom stereocenters. The third kappa shape index (κ3) is 2.45.